The summed E-state index contributed by atoms with van der Waals surface area (Å²) in [4.78, 5) is 8.39. The summed E-state index contributed by atoms with van der Waals surface area (Å²) in [5.41, 5.74) is 0.967. The van der Waals surface area contributed by atoms with Crippen molar-refractivity contribution >= 4 is 5.82 Å². The summed E-state index contributed by atoms with van der Waals surface area (Å²) in [5.74, 6) is 1.52. The summed E-state index contributed by atoms with van der Waals surface area (Å²) in [6.45, 7) is 6.33. The molecule has 1 atom stereocenters. The summed E-state index contributed by atoms with van der Waals surface area (Å²) in [7, 11) is 0. The largest absolute Gasteiger partial charge is 0.478 e. The molecule has 2 rings (SSSR count). The van der Waals surface area contributed by atoms with Gasteiger partial charge in [-0.2, -0.15) is 0 Å². The van der Waals surface area contributed by atoms with Crippen molar-refractivity contribution in [3.05, 3.63) is 11.9 Å². The third kappa shape index (κ3) is 4.06. The Balaban J connectivity index is 1.83. The summed E-state index contributed by atoms with van der Waals surface area (Å²) in [6, 6.07) is 0. The van der Waals surface area contributed by atoms with Crippen molar-refractivity contribution < 1.29 is 9.47 Å². The van der Waals surface area contributed by atoms with Gasteiger partial charge in [0, 0.05) is 13.2 Å². The molecule has 1 N–H and O–H groups in total. The van der Waals surface area contributed by atoms with Gasteiger partial charge >= 0.3 is 0 Å². The number of anilines is 1. The monoisotopic (exact) mass is 265 g/mol. The van der Waals surface area contributed by atoms with Gasteiger partial charge in [-0.1, -0.05) is 0 Å². The maximum atomic E-state index is 5.71. The number of ether oxygens (including phenoxy) is 2. The van der Waals surface area contributed by atoms with Crippen LogP contribution in [0.1, 0.15) is 38.2 Å². The van der Waals surface area contributed by atoms with Gasteiger partial charge < -0.3 is 14.8 Å². The molecule has 0 bridgehead atoms. The highest BCUT2D eigenvalue weighted by Crippen LogP contribution is 2.21. The van der Waals surface area contributed by atoms with Crippen LogP contribution in [0.4, 0.5) is 5.82 Å². The molecule has 0 saturated carbocycles. The lowest BCUT2D eigenvalue weighted by atomic mass is 10.1. The highest BCUT2D eigenvalue weighted by atomic mass is 16.5. The van der Waals surface area contributed by atoms with Gasteiger partial charge in [0.2, 0.25) is 5.88 Å². The summed E-state index contributed by atoms with van der Waals surface area (Å²) < 4.78 is 11.2. The quantitative estimate of drug-likeness (QED) is 0.856. The van der Waals surface area contributed by atoms with E-state index in [1.807, 2.05) is 13.8 Å². The molecule has 19 heavy (non-hydrogen) atoms. The van der Waals surface area contributed by atoms with E-state index in [2.05, 4.69) is 15.3 Å². The van der Waals surface area contributed by atoms with E-state index in [4.69, 9.17) is 9.47 Å². The smallest absolute Gasteiger partial charge is 0.221 e. The minimum absolute atomic E-state index is 0.398. The Bertz CT molecular complexity index is 392. The van der Waals surface area contributed by atoms with Crippen LogP contribution in [0.2, 0.25) is 0 Å². The van der Waals surface area contributed by atoms with Crippen molar-refractivity contribution in [3.63, 3.8) is 0 Å². The van der Waals surface area contributed by atoms with Crippen molar-refractivity contribution in [3.8, 4) is 5.88 Å². The molecule has 106 valence electrons. The zero-order chi connectivity index (χ0) is 13.5. The van der Waals surface area contributed by atoms with E-state index in [1.54, 1.807) is 0 Å². The molecule has 2 heterocycles. The number of hydrogen-bond donors (Lipinski definition) is 1. The molecular weight excluding hydrogens is 242 g/mol. The number of nitrogens with one attached hydrogen (secondary N) is 1. The lowest BCUT2D eigenvalue weighted by molar-refractivity contribution is 0.0134. The van der Waals surface area contributed by atoms with E-state index >= 15 is 0 Å². The standard InChI is InChI=1S/C14H23N3O2/c1-3-18-14-11(2)13(16-10-17-14)15-8-7-12-6-4-5-9-19-12/h10,12H,3-9H2,1-2H3,(H,15,16,17). The van der Waals surface area contributed by atoms with Crippen LogP contribution in [0, 0.1) is 6.92 Å². The first-order chi connectivity index (χ1) is 9.31. The third-order valence-electron chi connectivity index (χ3n) is 3.35. The molecule has 0 radical (unpaired) electrons. The first-order valence-electron chi connectivity index (χ1n) is 7.11. The van der Waals surface area contributed by atoms with Crippen LogP contribution in [-0.4, -0.2) is 35.8 Å². The molecular formula is C14H23N3O2. The van der Waals surface area contributed by atoms with Gasteiger partial charge in [0.15, 0.2) is 0 Å². The molecule has 1 fully saturated rings. The van der Waals surface area contributed by atoms with Crippen molar-refractivity contribution in [2.75, 3.05) is 25.1 Å². The Morgan fingerprint density at radius 3 is 3.05 bits per heavy atom. The second-order valence-electron chi connectivity index (χ2n) is 4.79. The second-order valence-corrected chi connectivity index (χ2v) is 4.79. The fourth-order valence-electron chi connectivity index (χ4n) is 2.28. The fourth-order valence-corrected chi connectivity index (χ4v) is 2.28. The zero-order valence-corrected chi connectivity index (χ0v) is 11.8. The van der Waals surface area contributed by atoms with Crippen molar-refractivity contribution in [2.24, 2.45) is 0 Å². The molecule has 1 aliphatic heterocycles. The lowest BCUT2D eigenvalue weighted by Crippen LogP contribution is -2.22. The predicted molar refractivity (Wildman–Crippen MR) is 74.6 cm³/mol. The van der Waals surface area contributed by atoms with Crippen molar-refractivity contribution in [1.82, 2.24) is 9.97 Å². The third-order valence-corrected chi connectivity index (χ3v) is 3.35. The Morgan fingerprint density at radius 1 is 1.42 bits per heavy atom. The molecule has 0 aliphatic carbocycles. The average Bonchev–Trinajstić information content (AvgIpc) is 2.44. The topological polar surface area (TPSA) is 56.3 Å². The van der Waals surface area contributed by atoms with Crippen LogP contribution in [0.5, 0.6) is 5.88 Å². The minimum atomic E-state index is 0.398. The Hall–Kier alpha value is -1.36. The normalized spacial score (nSPS) is 19.2. The maximum Gasteiger partial charge on any atom is 0.221 e. The highest BCUT2D eigenvalue weighted by molar-refractivity contribution is 5.47. The van der Waals surface area contributed by atoms with Gasteiger partial charge in [0.05, 0.1) is 18.3 Å². The molecule has 0 spiro atoms. The fraction of sp³-hybridized carbons (Fsp3) is 0.714. The highest BCUT2D eigenvalue weighted by Gasteiger charge is 2.14. The number of nitrogens with zero attached hydrogens (tertiary/aromatic N) is 2. The van der Waals surface area contributed by atoms with E-state index in [0.717, 1.165) is 31.0 Å². The number of rotatable bonds is 6. The second kappa shape index (κ2) is 7.28. The van der Waals surface area contributed by atoms with Gasteiger partial charge in [0.1, 0.15) is 12.1 Å². The first kappa shape index (κ1) is 14.1. The Morgan fingerprint density at radius 2 is 2.32 bits per heavy atom. The van der Waals surface area contributed by atoms with Crippen LogP contribution in [0.3, 0.4) is 0 Å². The van der Waals surface area contributed by atoms with Gasteiger partial charge in [-0.3, -0.25) is 0 Å². The molecule has 1 aromatic rings. The summed E-state index contributed by atoms with van der Waals surface area (Å²) in [5, 5.41) is 3.35. The number of aromatic nitrogens is 2. The van der Waals surface area contributed by atoms with E-state index in [1.165, 1.54) is 25.6 Å². The molecule has 1 saturated heterocycles. The van der Waals surface area contributed by atoms with Gasteiger partial charge in [-0.15, -0.1) is 0 Å². The molecule has 5 heteroatoms. The molecule has 5 nitrogen and oxygen atoms in total. The van der Waals surface area contributed by atoms with E-state index in [0.29, 0.717) is 18.6 Å². The van der Waals surface area contributed by atoms with Crippen LogP contribution >= 0.6 is 0 Å². The van der Waals surface area contributed by atoms with Gasteiger partial charge in [-0.25, -0.2) is 9.97 Å². The molecule has 1 unspecified atom stereocenters. The van der Waals surface area contributed by atoms with E-state index < -0.39 is 0 Å². The molecule has 0 amide bonds. The number of hydrogen-bond acceptors (Lipinski definition) is 5. The van der Waals surface area contributed by atoms with Crippen molar-refractivity contribution in [1.29, 1.82) is 0 Å². The molecule has 1 aliphatic rings. The zero-order valence-electron chi connectivity index (χ0n) is 11.8. The SMILES string of the molecule is CCOc1ncnc(NCCC2CCCCO2)c1C. The molecule has 0 aromatic carbocycles. The summed E-state index contributed by atoms with van der Waals surface area (Å²) in [6.07, 6.45) is 6.62. The Labute approximate surface area is 114 Å². The van der Waals surface area contributed by atoms with Crippen LogP contribution in [0.25, 0.3) is 0 Å². The van der Waals surface area contributed by atoms with Crippen LogP contribution in [0.15, 0.2) is 6.33 Å². The van der Waals surface area contributed by atoms with Crippen molar-refractivity contribution in [2.45, 2.75) is 45.6 Å². The van der Waals surface area contributed by atoms with Gasteiger partial charge in [0.25, 0.3) is 0 Å². The summed E-state index contributed by atoms with van der Waals surface area (Å²) >= 11 is 0. The lowest BCUT2D eigenvalue weighted by Gasteiger charge is -2.22. The van der Waals surface area contributed by atoms with Crippen LogP contribution in [-0.2, 0) is 4.74 Å². The van der Waals surface area contributed by atoms with E-state index in [-0.39, 0.29) is 0 Å². The Kier molecular flexibility index (Phi) is 5.39. The van der Waals surface area contributed by atoms with E-state index in [9.17, 15) is 0 Å². The average molecular weight is 265 g/mol. The van der Waals surface area contributed by atoms with Crippen LogP contribution < -0.4 is 10.1 Å². The minimum Gasteiger partial charge on any atom is -0.478 e. The maximum absolute atomic E-state index is 5.71. The molecule has 1 aromatic heterocycles. The predicted octanol–water partition coefficient (Wildman–Crippen LogP) is 2.55. The van der Waals surface area contributed by atoms with Gasteiger partial charge in [-0.05, 0) is 39.5 Å². The first-order valence-corrected chi connectivity index (χ1v) is 7.11.